The number of nitrogens with one attached hydrogen (secondary N) is 1. The second-order valence-electron chi connectivity index (χ2n) is 10.3. The molecule has 3 aromatic rings. The first-order valence-electron chi connectivity index (χ1n) is 13.5. The van der Waals surface area contributed by atoms with Gasteiger partial charge in [-0.2, -0.15) is 0 Å². The summed E-state index contributed by atoms with van der Waals surface area (Å²) >= 11 is 6.13. The molecule has 0 radical (unpaired) electrons. The molecular formula is C31H33ClFN3O3. The van der Waals surface area contributed by atoms with E-state index in [2.05, 4.69) is 10.2 Å². The summed E-state index contributed by atoms with van der Waals surface area (Å²) in [5.74, 6) is 0.392. The fraction of sp³-hybridized carbons (Fsp3) is 0.355. The largest absolute Gasteiger partial charge is 0.494 e. The molecule has 0 aromatic heterocycles. The van der Waals surface area contributed by atoms with Gasteiger partial charge in [-0.1, -0.05) is 48.0 Å². The number of nitrogens with zero attached hydrogens (tertiary/aromatic N) is 2. The summed E-state index contributed by atoms with van der Waals surface area (Å²) in [6.07, 6.45) is 0.764. The van der Waals surface area contributed by atoms with Crippen molar-refractivity contribution in [2.24, 2.45) is 11.8 Å². The Bertz CT molecular complexity index is 1270. The predicted molar refractivity (Wildman–Crippen MR) is 150 cm³/mol. The number of benzene rings is 3. The maximum Gasteiger partial charge on any atom is 0.258 e. The molecule has 2 heterocycles. The Morgan fingerprint density at radius 3 is 2.31 bits per heavy atom. The first-order valence-corrected chi connectivity index (χ1v) is 13.8. The number of hydrogen-bond acceptors (Lipinski definition) is 4. The van der Waals surface area contributed by atoms with Gasteiger partial charge in [-0.25, -0.2) is 4.39 Å². The van der Waals surface area contributed by atoms with Crippen molar-refractivity contribution in [3.63, 3.8) is 0 Å². The van der Waals surface area contributed by atoms with Crippen molar-refractivity contribution in [3.8, 4) is 5.75 Å². The molecule has 6 nitrogen and oxygen atoms in total. The number of fused-ring (bicyclic) bond motifs is 1. The molecule has 3 aromatic carbocycles. The van der Waals surface area contributed by atoms with E-state index in [4.69, 9.17) is 16.3 Å². The molecule has 2 amide bonds. The van der Waals surface area contributed by atoms with Crippen LogP contribution < -0.4 is 10.1 Å². The third-order valence-corrected chi connectivity index (χ3v) is 8.01. The van der Waals surface area contributed by atoms with E-state index in [1.54, 1.807) is 23.1 Å². The Morgan fingerprint density at radius 1 is 0.974 bits per heavy atom. The van der Waals surface area contributed by atoms with Crippen LogP contribution in [0.25, 0.3) is 0 Å². The zero-order valence-corrected chi connectivity index (χ0v) is 22.7. The molecule has 2 unspecified atom stereocenters. The highest BCUT2D eigenvalue weighted by Crippen LogP contribution is 2.34. The second kappa shape index (κ2) is 12.2. The lowest BCUT2D eigenvalue weighted by Gasteiger charge is -2.25. The highest BCUT2D eigenvalue weighted by atomic mass is 35.5. The van der Waals surface area contributed by atoms with Crippen LogP contribution in [0.15, 0.2) is 72.8 Å². The molecule has 8 heteroatoms. The minimum Gasteiger partial charge on any atom is -0.494 e. The van der Waals surface area contributed by atoms with Crippen molar-refractivity contribution in [3.05, 3.63) is 100 Å². The van der Waals surface area contributed by atoms with Gasteiger partial charge in [0.1, 0.15) is 11.6 Å². The van der Waals surface area contributed by atoms with Gasteiger partial charge in [0.25, 0.3) is 11.8 Å². The first-order chi connectivity index (χ1) is 18.9. The fourth-order valence-corrected chi connectivity index (χ4v) is 5.97. The predicted octanol–water partition coefficient (Wildman–Crippen LogP) is 5.44. The van der Waals surface area contributed by atoms with Crippen LogP contribution in [0.3, 0.4) is 0 Å². The van der Waals surface area contributed by atoms with E-state index in [1.165, 1.54) is 12.1 Å². The van der Waals surface area contributed by atoms with Gasteiger partial charge in [0.2, 0.25) is 0 Å². The van der Waals surface area contributed by atoms with Gasteiger partial charge in [0.05, 0.1) is 23.2 Å². The quantitative estimate of drug-likeness (QED) is 0.386. The summed E-state index contributed by atoms with van der Waals surface area (Å²) in [7, 11) is 0. The van der Waals surface area contributed by atoms with Gasteiger partial charge in [-0.05, 0) is 67.1 Å². The molecule has 0 bridgehead atoms. The lowest BCUT2D eigenvalue weighted by atomic mass is 10.0. The molecule has 3 atom stereocenters. The average molecular weight is 550 g/mol. The molecular weight excluding hydrogens is 517 g/mol. The monoisotopic (exact) mass is 549 g/mol. The van der Waals surface area contributed by atoms with Crippen molar-refractivity contribution in [2.45, 2.75) is 19.4 Å². The number of hydrogen-bond donors (Lipinski definition) is 1. The van der Waals surface area contributed by atoms with Gasteiger partial charge < -0.3 is 19.9 Å². The Labute approximate surface area is 233 Å². The molecule has 5 rings (SSSR count). The van der Waals surface area contributed by atoms with E-state index in [1.807, 2.05) is 49.4 Å². The molecule has 2 aliphatic rings. The number of carbonyl (C=O) groups is 2. The number of halogens is 2. The van der Waals surface area contributed by atoms with Crippen molar-refractivity contribution in [1.29, 1.82) is 0 Å². The molecule has 2 fully saturated rings. The molecule has 204 valence electrons. The summed E-state index contributed by atoms with van der Waals surface area (Å²) in [5.41, 5.74) is 1.62. The lowest BCUT2D eigenvalue weighted by molar-refractivity contribution is 0.0769. The minimum absolute atomic E-state index is 0.0371. The Kier molecular flexibility index (Phi) is 8.48. The summed E-state index contributed by atoms with van der Waals surface area (Å²) in [6, 6.07) is 21.4. The maximum atomic E-state index is 14.3. The fourth-order valence-electron chi connectivity index (χ4n) is 5.73. The zero-order valence-electron chi connectivity index (χ0n) is 22.0. The Hall–Kier alpha value is -3.42. The summed E-state index contributed by atoms with van der Waals surface area (Å²) < 4.78 is 19.8. The van der Waals surface area contributed by atoms with Crippen molar-refractivity contribution < 1.29 is 18.7 Å². The van der Waals surface area contributed by atoms with Gasteiger partial charge in [-0.3, -0.25) is 9.59 Å². The molecule has 2 aliphatic heterocycles. The van der Waals surface area contributed by atoms with Crippen LogP contribution in [0.4, 0.5) is 4.39 Å². The smallest absolute Gasteiger partial charge is 0.258 e. The van der Waals surface area contributed by atoms with E-state index in [-0.39, 0.29) is 28.4 Å². The number of likely N-dealkylation sites (tertiary alicyclic amines) is 2. The molecule has 2 saturated heterocycles. The minimum atomic E-state index is -0.578. The SMILES string of the molecule is CCOc1ccc(C(=O)N[C@@H](CCN2CC3CN(C(=O)c4c(F)cccc4Cl)CC3C2)c2ccccc2)cc1. The van der Waals surface area contributed by atoms with E-state index in [0.717, 1.165) is 37.4 Å². The molecule has 1 N–H and O–H groups in total. The third-order valence-electron chi connectivity index (χ3n) is 7.69. The molecule has 0 aliphatic carbocycles. The molecule has 0 spiro atoms. The molecule has 39 heavy (non-hydrogen) atoms. The van der Waals surface area contributed by atoms with Crippen LogP contribution in [0.1, 0.15) is 45.7 Å². The highest BCUT2D eigenvalue weighted by molar-refractivity contribution is 6.33. The highest BCUT2D eigenvalue weighted by Gasteiger charge is 2.42. The van der Waals surface area contributed by atoms with Gasteiger partial charge >= 0.3 is 0 Å². The third kappa shape index (κ3) is 6.26. The van der Waals surface area contributed by atoms with Crippen molar-refractivity contribution >= 4 is 23.4 Å². The van der Waals surface area contributed by atoms with Crippen LogP contribution in [0, 0.1) is 17.7 Å². The van der Waals surface area contributed by atoms with E-state index < -0.39 is 5.82 Å². The lowest BCUT2D eigenvalue weighted by Crippen LogP contribution is -2.35. The van der Waals surface area contributed by atoms with E-state index in [9.17, 15) is 14.0 Å². The topological polar surface area (TPSA) is 61.9 Å². The van der Waals surface area contributed by atoms with Crippen LogP contribution in [0.5, 0.6) is 5.75 Å². The van der Waals surface area contributed by atoms with Crippen molar-refractivity contribution in [1.82, 2.24) is 15.1 Å². The van der Waals surface area contributed by atoms with Gasteiger partial charge in [0.15, 0.2) is 0 Å². The Morgan fingerprint density at radius 2 is 1.67 bits per heavy atom. The normalized spacial score (nSPS) is 19.5. The van der Waals surface area contributed by atoms with Crippen molar-refractivity contribution in [2.75, 3.05) is 39.3 Å². The Balaban J connectivity index is 1.18. The second-order valence-corrected chi connectivity index (χ2v) is 10.7. The standard InChI is InChI=1S/C31H33ClFN3O3/c1-2-39-25-13-11-22(12-14-25)30(37)34-28(21-7-4-3-5-8-21)15-16-35-17-23-19-36(20-24(23)18-35)31(38)29-26(32)9-6-10-27(29)33/h3-14,23-24,28H,2,15-20H2,1H3,(H,34,37)/t23?,24?,28-/m0/s1. The average Bonchev–Trinajstić information content (AvgIpc) is 3.51. The van der Waals surface area contributed by atoms with Crippen LogP contribution in [-0.2, 0) is 0 Å². The summed E-state index contributed by atoms with van der Waals surface area (Å²) in [4.78, 5) is 30.2. The van der Waals surface area contributed by atoms with Crippen LogP contribution in [-0.4, -0.2) is 60.9 Å². The van der Waals surface area contributed by atoms with E-state index >= 15 is 0 Å². The van der Waals surface area contributed by atoms with Gasteiger partial charge in [-0.15, -0.1) is 0 Å². The summed E-state index contributed by atoms with van der Waals surface area (Å²) in [6.45, 7) is 6.26. The zero-order chi connectivity index (χ0) is 27.4. The number of carbonyl (C=O) groups excluding carboxylic acids is 2. The van der Waals surface area contributed by atoms with Crippen LogP contribution in [0.2, 0.25) is 5.02 Å². The van der Waals surface area contributed by atoms with Gasteiger partial charge in [0, 0.05) is 38.3 Å². The van der Waals surface area contributed by atoms with E-state index in [0.29, 0.717) is 37.1 Å². The summed E-state index contributed by atoms with van der Waals surface area (Å²) in [5, 5.41) is 3.37. The molecule has 0 saturated carbocycles. The number of ether oxygens (including phenoxy) is 1. The van der Waals surface area contributed by atoms with Crippen LogP contribution >= 0.6 is 11.6 Å². The number of amides is 2. The first kappa shape index (κ1) is 27.2. The maximum absolute atomic E-state index is 14.3. The number of rotatable bonds is 9.